The lowest BCUT2D eigenvalue weighted by atomic mass is 9.59. The summed E-state index contributed by atoms with van der Waals surface area (Å²) in [4.78, 5) is 0. The van der Waals surface area contributed by atoms with Crippen LogP contribution in [-0.2, 0) is 5.41 Å². The van der Waals surface area contributed by atoms with Crippen molar-refractivity contribution in [1.29, 1.82) is 0 Å². The zero-order chi connectivity index (χ0) is 24.4. The van der Waals surface area contributed by atoms with Gasteiger partial charge in [0.1, 0.15) is 0 Å². The topological polar surface area (TPSA) is 0 Å². The molecule has 172 valence electrons. The van der Waals surface area contributed by atoms with Crippen LogP contribution in [0.2, 0.25) is 0 Å². The first-order chi connectivity index (χ1) is 18.4. The summed E-state index contributed by atoms with van der Waals surface area (Å²) in [6.07, 6.45) is 0. The third-order valence-electron chi connectivity index (χ3n) is 8.26. The summed E-state index contributed by atoms with van der Waals surface area (Å²) in [6.45, 7) is 0. The summed E-state index contributed by atoms with van der Waals surface area (Å²) in [5.41, 5.74) is 7.55. The molecule has 0 nitrogen and oxygen atoms in total. The molecule has 0 N–H and O–H groups in total. The van der Waals surface area contributed by atoms with Gasteiger partial charge in [-0.05, 0) is 83.9 Å². The Morgan fingerprint density at radius 3 is 1.65 bits per heavy atom. The number of rotatable bonds is 2. The monoisotopic (exact) mass is 468 g/mol. The van der Waals surface area contributed by atoms with E-state index in [1.54, 1.807) is 0 Å². The SMILES string of the molecule is c1ccc(C2(c3ccccc3)c3ccccc3-c3c4cc5ccccc5cc4cc4cccc2c34)cc1. The smallest absolute Gasteiger partial charge is 0.0622 e. The Morgan fingerprint density at radius 1 is 0.378 bits per heavy atom. The van der Waals surface area contributed by atoms with Crippen LogP contribution < -0.4 is 0 Å². The molecule has 0 fully saturated rings. The fourth-order valence-electron chi connectivity index (χ4n) is 6.80. The van der Waals surface area contributed by atoms with Crippen molar-refractivity contribution in [2.75, 3.05) is 0 Å². The van der Waals surface area contributed by atoms with Crippen molar-refractivity contribution in [3.05, 3.63) is 168 Å². The van der Waals surface area contributed by atoms with Crippen LogP contribution in [0.4, 0.5) is 0 Å². The zero-order valence-corrected chi connectivity index (χ0v) is 20.4. The maximum absolute atomic E-state index is 2.39. The Kier molecular flexibility index (Phi) is 4.24. The quantitative estimate of drug-likeness (QED) is 0.222. The van der Waals surface area contributed by atoms with E-state index in [9.17, 15) is 0 Å². The summed E-state index contributed by atoms with van der Waals surface area (Å²) in [5, 5.41) is 7.83. The van der Waals surface area contributed by atoms with Gasteiger partial charge < -0.3 is 0 Å². The molecule has 0 atom stereocenters. The molecule has 1 aliphatic rings. The van der Waals surface area contributed by atoms with E-state index in [2.05, 4.69) is 146 Å². The molecule has 1 aliphatic carbocycles. The number of hydrogen-bond acceptors (Lipinski definition) is 0. The molecule has 37 heavy (non-hydrogen) atoms. The molecule has 0 aliphatic heterocycles. The number of benzene rings is 7. The van der Waals surface area contributed by atoms with Gasteiger partial charge in [-0.25, -0.2) is 0 Å². The van der Waals surface area contributed by atoms with Crippen molar-refractivity contribution < 1.29 is 0 Å². The highest BCUT2D eigenvalue weighted by Crippen LogP contribution is 2.56. The Labute approximate surface area is 216 Å². The predicted molar refractivity (Wildman–Crippen MR) is 156 cm³/mol. The zero-order valence-electron chi connectivity index (χ0n) is 20.4. The lowest BCUT2D eigenvalue weighted by Gasteiger charge is -2.42. The Balaban J connectivity index is 1.64. The van der Waals surface area contributed by atoms with Gasteiger partial charge in [-0.15, -0.1) is 0 Å². The third kappa shape index (κ3) is 2.73. The average Bonchev–Trinajstić information content (AvgIpc) is 2.97. The fourth-order valence-corrected chi connectivity index (χ4v) is 6.80. The molecule has 0 spiro atoms. The van der Waals surface area contributed by atoms with E-state index in [0.29, 0.717) is 0 Å². The van der Waals surface area contributed by atoms with E-state index in [1.165, 1.54) is 65.7 Å². The lowest BCUT2D eigenvalue weighted by molar-refractivity contribution is 0.750. The van der Waals surface area contributed by atoms with E-state index in [1.807, 2.05) is 0 Å². The van der Waals surface area contributed by atoms with Crippen molar-refractivity contribution in [1.82, 2.24) is 0 Å². The van der Waals surface area contributed by atoms with E-state index >= 15 is 0 Å². The maximum Gasteiger partial charge on any atom is 0.0713 e. The molecule has 0 heterocycles. The van der Waals surface area contributed by atoms with Crippen molar-refractivity contribution in [2.45, 2.75) is 5.41 Å². The summed E-state index contributed by atoms with van der Waals surface area (Å²) in [5.74, 6) is 0. The van der Waals surface area contributed by atoms with E-state index in [-0.39, 0.29) is 0 Å². The summed E-state index contributed by atoms with van der Waals surface area (Å²) < 4.78 is 0. The molecule has 8 rings (SSSR count). The second-order valence-electron chi connectivity index (χ2n) is 10.1. The average molecular weight is 469 g/mol. The summed E-state index contributed by atoms with van der Waals surface area (Å²) >= 11 is 0. The van der Waals surface area contributed by atoms with Crippen LogP contribution in [0.25, 0.3) is 43.4 Å². The summed E-state index contributed by atoms with van der Waals surface area (Å²) in [6, 6.07) is 53.9. The van der Waals surface area contributed by atoms with Crippen molar-refractivity contribution in [3.8, 4) is 11.1 Å². The second kappa shape index (κ2) is 7.66. The minimum Gasteiger partial charge on any atom is -0.0622 e. The van der Waals surface area contributed by atoms with Crippen LogP contribution in [0, 0.1) is 0 Å². The van der Waals surface area contributed by atoms with E-state index < -0.39 is 5.41 Å². The molecule has 0 unspecified atom stereocenters. The maximum atomic E-state index is 2.39. The van der Waals surface area contributed by atoms with Crippen molar-refractivity contribution >= 4 is 32.3 Å². The van der Waals surface area contributed by atoms with Gasteiger partial charge in [0.2, 0.25) is 0 Å². The fraction of sp³-hybridized carbons (Fsp3) is 0.0270. The van der Waals surface area contributed by atoms with Gasteiger partial charge in [0, 0.05) is 0 Å². The first-order valence-electron chi connectivity index (χ1n) is 13.0. The van der Waals surface area contributed by atoms with Crippen LogP contribution in [0.3, 0.4) is 0 Å². The Morgan fingerprint density at radius 2 is 0.919 bits per heavy atom. The number of hydrogen-bond donors (Lipinski definition) is 0. The largest absolute Gasteiger partial charge is 0.0713 e. The van der Waals surface area contributed by atoms with Gasteiger partial charge in [-0.1, -0.05) is 127 Å². The van der Waals surface area contributed by atoms with Gasteiger partial charge in [-0.2, -0.15) is 0 Å². The van der Waals surface area contributed by atoms with Crippen LogP contribution in [0.15, 0.2) is 146 Å². The third-order valence-corrected chi connectivity index (χ3v) is 8.26. The standard InChI is InChI=1S/C37H24/c1-3-15-29(16-4-1)37(30-17-5-2-6-18-30)33-20-10-9-19-31(33)36-32-24-26-13-8-7-12-25(26)22-28(32)23-27-14-11-21-34(37)35(27)36/h1-24H. The summed E-state index contributed by atoms with van der Waals surface area (Å²) in [7, 11) is 0. The molecular formula is C37H24. The lowest BCUT2D eigenvalue weighted by Crippen LogP contribution is -2.33. The normalized spacial score (nSPS) is 13.6. The van der Waals surface area contributed by atoms with Crippen LogP contribution in [0.5, 0.6) is 0 Å². The van der Waals surface area contributed by atoms with Crippen molar-refractivity contribution in [3.63, 3.8) is 0 Å². The van der Waals surface area contributed by atoms with Gasteiger partial charge >= 0.3 is 0 Å². The van der Waals surface area contributed by atoms with Gasteiger partial charge in [0.05, 0.1) is 5.41 Å². The molecule has 0 saturated heterocycles. The Bertz CT molecular complexity index is 1920. The molecule has 0 heteroatoms. The van der Waals surface area contributed by atoms with Crippen molar-refractivity contribution in [2.24, 2.45) is 0 Å². The first-order valence-corrected chi connectivity index (χ1v) is 13.0. The predicted octanol–water partition coefficient (Wildman–Crippen LogP) is 9.51. The molecular weight excluding hydrogens is 444 g/mol. The van der Waals surface area contributed by atoms with Gasteiger partial charge in [0.15, 0.2) is 0 Å². The highest BCUT2D eigenvalue weighted by molar-refractivity contribution is 6.19. The van der Waals surface area contributed by atoms with E-state index in [4.69, 9.17) is 0 Å². The Hall–Kier alpha value is -4.68. The second-order valence-corrected chi connectivity index (χ2v) is 10.1. The molecule has 0 saturated carbocycles. The molecule has 7 aromatic rings. The van der Waals surface area contributed by atoms with E-state index in [0.717, 1.165) is 0 Å². The molecule has 0 radical (unpaired) electrons. The molecule has 0 aromatic heterocycles. The minimum atomic E-state index is -0.407. The highest BCUT2D eigenvalue weighted by Gasteiger charge is 2.44. The first kappa shape index (κ1) is 20.5. The molecule has 0 bridgehead atoms. The minimum absolute atomic E-state index is 0.407. The van der Waals surface area contributed by atoms with Gasteiger partial charge in [-0.3, -0.25) is 0 Å². The van der Waals surface area contributed by atoms with Crippen LogP contribution >= 0.6 is 0 Å². The van der Waals surface area contributed by atoms with Crippen LogP contribution in [-0.4, -0.2) is 0 Å². The molecule has 7 aromatic carbocycles. The molecule has 0 amide bonds. The van der Waals surface area contributed by atoms with Gasteiger partial charge in [0.25, 0.3) is 0 Å². The highest BCUT2D eigenvalue weighted by atomic mass is 14.4. The number of fused-ring (bicyclic) bond motifs is 5. The van der Waals surface area contributed by atoms with Crippen LogP contribution in [0.1, 0.15) is 22.3 Å².